The van der Waals surface area contributed by atoms with Gasteiger partial charge in [0.1, 0.15) is 17.2 Å². The van der Waals surface area contributed by atoms with Gasteiger partial charge >= 0.3 is 24.0 Å². The van der Waals surface area contributed by atoms with Crippen LogP contribution in [0.15, 0.2) is 0 Å². The van der Waals surface area contributed by atoms with Gasteiger partial charge in [0, 0.05) is 6.42 Å². The molecule has 0 spiro atoms. The molecule has 0 fully saturated rings. The van der Waals surface area contributed by atoms with E-state index in [9.17, 15) is 19.2 Å². The lowest BCUT2D eigenvalue weighted by Gasteiger charge is -2.25. The van der Waals surface area contributed by atoms with Crippen molar-refractivity contribution in [2.75, 3.05) is 13.7 Å². The van der Waals surface area contributed by atoms with E-state index in [1.165, 1.54) is 0 Å². The Balaban J connectivity index is 4.84. The smallest absolute Gasteiger partial charge is 0.408 e. The second-order valence-electron chi connectivity index (χ2n) is 7.51. The number of hydrogen-bond acceptors (Lipinski definition) is 8. The molecule has 1 N–H and O–H groups in total. The van der Waals surface area contributed by atoms with Crippen molar-refractivity contribution in [3.63, 3.8) is 0 Å². The molecule has 1 unspecified atom stereocenters. The van der Waals surface area contributed by atoms with E-state index >= 15 is 0 Å². The minimum absolute atomic E-state index is 0.0445. The fraction of sp³-hybridized carbons (Fsp3) is 0.765. The normalized spacial score (nSPS) is 12.6. The van der Waals surface area contributed by atoms with Gasteiger partial charge in [-0.05, 0) is 48.0 Å². The summed E-state index contributed by atoms with van der Waals surface area (Å²) >= 11 is 0. The topological polar surface area (TPSA) is 117 Å². The highest BCUT2D eigenvalue weighted by Crippen LogP contribution is 2.13. The first-order chi connectivity index (χ1) is 11.7. The van der Waals surface area contributed by atoms with Gasteiger partial charge in [0.05, 0.1) is 7.11 Å². The summed E-state index contributed by atoms with van der Waals surface area (Å²) in [6, 6.07) is -1.13. The third-order valence-electron chi connectivity index (χ3n) is 2.59. The highest BCUT2D eigenvalue weighted by molar-refractivity contribution is 5.83. The third kappa shape index (κ3) is 12.1. The molecule has 0 rings (SSSR count). The lowest BCUT2D eigenvalue weighted by molar-refractivity contribution is -0.158. The molecule has 0 radical (unpaired) electrons. The van der Waals surface area contributed by atoms with Crippen LogP contribution in [0.1, 0.15) is 54.4 Å². The van der Waals surface area contributed by atoms with Crippen molar-refractivity contribution in [3.8, 4) is 0 Å². The van der Waals surface area contributed by atoms with Crippen LogP contribution in [-0.2, 0) is 33.3 Å². The molecule has 1 amide bonds. The molecule has 0 aliphatic carbocycles. The van der Waals surface area contributed by atoms with Crippen LogP contribution in [0.3, 0.4) is 0 Å². The molecule has 150 valence electrons. The molecule has 0 aromatic carbocycles. The van der Waals surface area contributed by atoms with Crippen molar-refractivity contribution in [2.24, 2.45) is 0 Å². The van der Waals surface area contributed by atoms with E-state index in [-0.39, 0.29) is 12.8 Å². The van der Waals surface area contributed by atoms with E-state index in [2.05, 4.69) is 14.8 Å². The first kappa shape index (κ1) is 23.7. The number of methoxy groups -OCH3 is 1. The molecule has 0 heterocycles. The monoisotopic (exact) mass is 375 g/mol. The summed E-state index contributed by atoms with van der Waals surface area (Å²) in [7, 11) is 1.15. The SMILES string of the molecule is COC(=O)COC(=O)NC(CCC(=O)OC(C)(C)C)C(=O)OC(C)(C)C. The Morgan fingerprint density at radius 3 is 1.88 bits per heavy atom. The molecule has 0 aliphatic heterocycles. The maximum atomic E-state index is 12.3. The van der Waals surface area contributed by atoms with E-state index in [0.717, 1.165) is 7.11 Å². The Labute approximate surface area is 153 Å². The largest absolute Gasteiger partial charge is 0.466 e. The Morgan fingerprint density at radius 2 is 1.42 bits per heavy atom. The number of rotatable bonds is 7. The van der Waals surface area contributed by atoms with Crippen molar-refractivity contribution in [1.82, 2.24) is 5.32 Å². The predicted molar refractivity (Wildman–Crippen MR) is 91.2 cm³/mol. The van der Waals surface area contributed by atoms with Gasteiger partial charge in [-0.1, -0.05) is 0 Å². The number of hydrogen-bond donors (Lipinski definition) is 1. The molecule has 0 aromatic heterocycles. The van der Waals surface area contributed by atoms with Crippen LogP contribution in [0.2, 0.25) is 0 Å². The van der Waals surface area contributed by atoms with Gasteiger partial charge < -0.3 is 24.3 Å². The van der Waals surface area contributed by atoms with E-state index in [1.807, 2.05) is 0 Å². The fourth-order valence-electron chi connectivity index (χ4n) is 1.64. The Morgan fingerprint density at radius 1 is 0.885 bits per heavy atom. The summed E-state index contributed by atoms with van der Waals surface area (Å²) in [5.74, 6) is -1.99. The first-order valence-electron chi connectivity index (χ1n) is 8.18. The van der Waals surface area contributed by atoms with Crippen molar-refractivity contribution >= 4 is 24.0 Å². The van der Waals surface area contributed by atoms with Gasteiger partial charge in [0.15, 0.2) is 6.61 Å². The lowest BCUT2D eigenvalue weighted by atomic mass is 10.1. The van der Waals surface area contributed by atoms with Crippen LogP contribution in [0.25, 0.3) is 0 Å². The molecule has 1 atom stereocenters. The van der Waals surface area contributed by atoms with E-state index in [4.69, 9.17) is 9.47 Å². The van der Waals surface area contributed by atoms with Crippen molar-refractivity contribution < 1.29 is 38.1 Å². The molecule has 26 heavy (non-hydrogen) atoms. The fourth-order valence-corrected chi connectivity index (χ4v) is 1.64. The van der Waals surface area contributed by atoms with Crippen LogP contribution in [0.4, 0.5) is 4.79 Å². The molecule has 9 nitrogen and oxygen atoms in total. The lowest BCUT2D eigenvalue weighted by Crippen LogP contribution is -2.45. The second-order valence-corrected chi connectivity index (χ2v) is 7.51. The summed E-state index contributed by atoms with van der Waals surface area (Å²) in [6.45, 7) is 9.58. The summed E-state index contributed by atoms with van der Waals surface area (Å²) in [5, 5.41) is 2.29. The van der Waals surface area contributed by atoms with Crippen molar-refractivity contribution in [3.05, 3.63) is 0 Å². The maximum Gasteiger partial charge on any atom is 0.408 e. The average molecular weight is 375 g/mol. The number of carbonyl (C=O) groups is 4. The van der Waals surface area contributed by atoms with Gasteiger partial charge in [-0.25, -0.2) is 14.4 Å². The molecule has 0 bridgehead atoms. The molecule has 0 aromatic rings. The van der Waals surface area contributed by atoms with Gasteiger partial charge in [0.2, 0.25) is 0 Å². The average Bonchev–Trinajstić information content (AvgIpc) is 2.45. The number of esters is 3. The minimum atomic E-state index is -1.13. The highest BCUT2D eigenvalue weighted by Gasteiger charge is 2.29. The van der Waals surface area contributed by atoms with Crippen LogP contribution in [-0.4, -0.2) is 55.0 Å². The van der Waals surface area contributed by atoms with E-state index in [0.29, 0.717) is 0 Å². The van der Waals surface area contributed by atoms with E-state index in [1.54, 1.807) is 41.5 Å². The van der Waals surface area contributed by atoms with Crippen LogP contribution >= 0.6 is 0 Å². The molecule has 9 heteroatoms. The zero-order chi connectivity index (χ0) is 20.5. The Hall–Kier alpha value is -2.32. The van der Waals surface area contributed by atoms with Gasteiger partial charge in [-0.15, -0.1) is 0 Å². The van der Waals surface area contributed by atoms with Gasteiger partial charge in [-0.3, -0.25) is 4.79 Å². The summed E-state index contributed by atoms with van der Waals surface area (Å²) in [4.78, 5) is 46.8. The first-order valence-corrected chi connectivity index (χ1v) is 8.18. The van der Waals surface area contributed by atoms with Crippen LogP contribution < -0.4 is 5.32 Å². The minimum Gasteiger partial charge on any atom is -0.466 e. The predicted octanol–water partition coefficient (Wildman–Crippen LogP) is 1.72. The zero-order valence-electron chi connectivity index (χ0n) is 16.5. The Bertz CT molecular complexity index is 516. The van der Waals surface area contributed by atoms with Gasteiger partial charge in [-0.2, -0.15) is 0 Å². The number of ether oxygens (including phenoxy) is 4. The summed E-state index contributed by atoms with van der Waals surface area (Å²) < 4.78 is 19.4. The number of nitrogens with one attached hydrogen (secondary N) is 1. The molecular formula is C17H29NO8. The number of alkyl carbamates (subject to hydrolysis) is 1. The zero-order valence-corrected chi connectivity index (χ0v) is 16.5. The van der Waals surface area contributed by atoms with Gasteiger partial charge in [0.25, 0.3) is 0 Å². The van der Waals surface area contributed by atoms with Crippen LogP contribution in [0.5, 0.6) is 0 Å². The van der Waals surface area contributed by atoms with E-state index < -0.39 is 47.9 Å². The summed E-state index contributed by atoms with van der Waals surface area (Å²) in [6.07, 6.45) is -1.16. The molecule has 0 saturated carbocycles. The standard InChI is InChI=1S/C17H29NO8/c1-16(2,3)25-12(19)9-8-11(14(21)26-17(4,5)6)18-15(22)24-10-13(20)23-7/h11H,8-10H2,1-7H3,(H,18,22). The highest BCUT2D eigenvalue weighted by atomic mass is 16.6. The number of carbonyl (C=O) groups excluding carboxylic acids is 4. The third-order valence-corrected chi connectivity index (χ3v) is 2.59. The van der Waals surface area contributed by atoms with Crippen molar-refractivity contribution in [2.45, 2.75) is 71.6 Å². The quantitative estimate of drug-likeness (QED) is 0.528. The summed E-state index contributed by atoms with van der Waals surface area (Å²) in [5.41, 5.74) is -1.44. The molecule has 0 saturated heterocycles. The second kappa shape index (κ2) is 9.98. The molecule has 0 aliphatic rings. The maximum absolute atomic E-state index is 12.3. The molecular weight excluding hydrogens is 346 g/mol. The Kier molecular flexibility index (Phi) is 9.09. The van der Waals surface area contributed by atoms with Crippen LogP contribution in [0, 0.1) is 0 Å². The number of amides is 1. The van der Waals surface area contributed by atoms with Crippen molar-refractivity contribution in [1.29, 1.82) is 0 Å².